The molecule has 76 valence electrons. The first-order chi connectivity index (χ1) is 6.66. The van der Waals surface area contributed by atoms with E-state index in [4.69, 9.17) is 5.73 Å². The highest BCUT2D eigenvalue weighted by Gasteiger charge is 2.23. The van der Waals surface area contributed by atoms with Crippen LogP contribution in [0.2, 0.25) is 0 Å². The van der Waals surface area contributed by atoms with Gasteiger partial charge in [0.1, 0.15) is 5.75 Å². The first-order valence-electron chi connectivity index (χ1n) is 4.91. The number of phenols is 1. The Kier molecular flexibility index (Phi) is 2.79. The predicted molar refractivity (Wildman–Crippen MR) is 60.4 cm³/mol. The van der Waals surface area contributed by atoms with Crippen molar-refractivity contribution in [2.75, 3.05) is 0 Å². The van der Waals surface area contributed by atoms with Crippen LogP contribution in [-0.4, -0.2) is 11.1 Å². The number of halogens is 1. The summed E-state index contributed by atoms with van der Waals surface area (Å²) < 4.78 is 0.753. The number of phenolic OH excluding ortho intramolecular Hbond substituents is 1. The summed E-state index contributed by atoms with van der Waals surface area (Å²) in [6, 6.07) is 6.14. The zero-order valence-corrected chi connectivity index (χ0v) is 9.50. The van der Waals surface area contributed by atoms with Crippen LogP contribution in [0.4, 0.5) is 0 Å². The first-order valence-corrected chi connectivity index (χ1v) is 5.70. The Bertz CT molecular complexity index is 340. The van der Waals surface area contributed by atoms with Gasteiger partial charge in [0.15, 0.2) is 0 Å². The molecule has 1 aromatic rings. The maximum Gasteiger partial charge on any atom is 0.130 e. The molecule has 0 aromatic heterocycles. The number of benzene rings is 1. The van der Waals surface area contributed by atoms with Crippen molar-refractivity contribution in [3.8, 4) is 5.75 Å². The fourth-order valence-corrected chi connectivity index (χ4v) is 2.35. The lowest BCUT2D eigenvalue weighted by Crippen LogP contribution is -2.14. The maximum absolute atomic E-state index is 9.55. The minimum Gasteiger partial charge on any atom is -0.507 e. The van der Waals surface area contributed by atoms with E-state index < -0.39 is 0 Å². The molecule has 0 bridgehead atoms. The maximum atomic E-state index is 9.55. The first kappa shape index (κ1) is 9.99. The topological polar surface area (TPSA) is 46.2 Å². The SMILES string of the molecule is NC1CCC(c2ccc(Br)c(O)c2)C1. The lowest BCUT2D eigenvalue weighted by Gasteiger charge is -2.10. The number of nitrogens with two attached hydrogens (primary N) is 1. The van der Waals surface area contributed by atoms with Crippen molar-refractivity contribution in [1.82, 2.24) is 0 Å². The van der Waals surface area contributed by atoms with Crippen molar-refractivity contribution in [3.05, 3.63) is 28.2 Å². The van der Waals surface area contributed by atoms with Gasteiger partial charge in [-0.3, -0.25) is 0 Å². The van der Waals surface area contributed by atoms with E-state index in [0.717, 1.165) is 23.7 Å². The van der Waals surface area contributed by atoms with Crippen LogP contribution in [0.3, 0.4) is 0 Å². The van der Waals surface area contributed by atoms with Gasteiger partial charge in [0.2, 0.25) is 0 Å². The van der Waals surface area contributed by atoms with E-state index in [1.165, 1.54) is 5.56 Å². The van der Waals surface area contributed by atoms with Crippen molar-refractivity contribution in [2.24, 2.45) is 5.73 Å². The smallest absolute Gasteiger partial charge is 0.130 e. The van der Waals surface area contributed by atoms with Gasteiger partial charge in [-0.25, -0.2) is 0 Å². The second-order valence-electron chi connectivity index (χ2n) is 3.98. The molecule has 0 saturated heterocycles. The molecule has 2 atom stereocenters. The van der Waals surface area contributed by atoms with Gasteiger partial charge < -0.3 is 10.8 Å². The van der Waals surface area contributed by atoms with Gasteiger partial charge in [-0.2, -0.15) is 0 Å². The van der Waals surface area contributed by atoms with Crippen LogP contribution in [-0.2, 0) is 0 Å². The Labute approximate surface area is 92.3 Å². The molecular weight excluding hydrogens is 242 g/mol. The second-order valence-corrected chi connectivity index (χ2v) is 4.84. The molecule has 1 aromatic carbocycles. The molecular formula is C11H14BrNO. The standard InChI is InChI=1S/C11H14BrNO/c12-10-4-2-8(6-11(10)14)7-1-3-9(13)5-7/h2,4,6-7,9,14H,1,3,5,13H2. The normalized spacial score (nSPS) is 26.7. The van der Waals surface area contributed by atoms with Gasteiger partial charge in [-0.05, 0) is 58.8 Å². The van der Waals surface area contributed by atoms with Crippen LogP contribution in [0.5, 0.6) is 5.75 Å². The number of rotatable bonds is 1. The van der Waals surface area contributed by atoms with Gasteiger partial charge in [0, 0.05) is 6.04 Å². The molecule has 0 radical (unpaired) electrons. The van der Waals surface area contributed by atoms with Crippen LogP contribution in [0, 0.1) is 0 Å². The Morgan fingerprint density at radius 2 is 2.14 bits per heavy atom. The molecule has 0 spiro atoms. The molecule has 1 fully saturated rings. The average molecular weight is 256 g/mol. The molecule has 1 aliphatic carbocycles. The molecule has 2 rings (SSSR count). The predicted octanol–water partition coefficient (Wildman–Crippen LogP) is 2.75. The van der Waals surface area contributed by atoms with Crippen molar-refractivity contribution < 1.29 is 5.11 Å². The number of hydrogen-bond acceptors (Lipinski definition) is 2. The summed E-state index contributed by atoms with van der Waals surface area (Å²) in [5, 5.41) is 9.55. The molecule has 14 heavy (non-hydrogen) atoms. The Balaban J connectivity index is 2.20. The molecule has 1 saturated carbocycles. The fourth-order valence-electron chi connectivity index (χ4n) is 2.10. The summed E-state index contributed by atoms with van der Waals surface area (Å²) in [6.07, 6.45) is 3.28. The summed E-state index contributed by atoms with van der Waals surface area (Å²) in [7, 11) is 0. The zero-order valence-electron chi connectivity index (χ0n) is 7.91. The van der Waals surface area contributed by atoms with E-state index >= 15 is 0 Å². The van der Waals surface area contributed by atoms with Crippen LogP contribution in [0.1, 0.15) is 30.7 Å². The highest BCUT2D eigenvalue weighted by atomic mass is 79.9. The van der Waals surface area contributed by atoms with E-state index in [2.05, 4.69) is 22.0 Å². The van der Waals surface area contributed by atoms with Crippen molar-refractivity contribution in [3.63, 3.8) is 0 Å². The third kappa shape index (κ3) is 1.93. The van der Waals surface area contributed by atoms with E-state index in [1.54, 1.807) is 0 Å². The minimum absolute atomic E-state index is 0.322. The molecule has 0 amide bonds. The van der Waals surface area contributed by atoms with Crippen molar-refractivity contribution in [1.29, 1.82) is 0 Å². The molecule has 3 N–H and O–H groups in total. The van der Waals surface area contributed by atoms with Crippen molar-refractivity contribution in [2.45, 2.75) is 31.2 Å². The Morgan fingerprint density at radius 1 is 1.36 bits per heavy atom. The van der Waals surface area contributed by atoms with Gasteiger partial charge in [-0.1, -0.05) is 6.07 Å². The van der Waals surface area contributed by atoms with Crippen LogP contribution in [0.25, 0.3) is 0 Å². The Morgan fingerprint density at radius 3 is 2.71 bits per heavy atom. The van der Waals surface area contributed by atoms with Crippen LogP contribution in [0.15, 0.2) is 22.7 Å². The summed E-state index contributed by atoms with van der Waals surface area (Å²) in [5.41, 5.74) is 7.07. The van der Waals surface area contributed by atoms with Crippen LogP contribution < -0.4 is 5.73 Å². The van der Waals surface area contributed by atoms with E-state index in [9.17, 15) is 5.11 Å². The highest BCUT2D eigenvalue weighted by Crippen LogP contribution is 2.36. The zero-order chi connectivity index (χ0) is 10.1. The van der Waals surface area contributed by atoms with E-state index in [-0.39, 0.29) is 0 Å². The third-order valence-electron chi connectivity index (χ3n) is 2.91. The monoisotopic (exact) mass is 255 g/mol. The summed E-state index contributed by atoms with van der Waals surface area (Å²) in [6.45, 7) is 0. The molecule has 0 aliphatic heterocycles. The van der Waals surface area contributed by atoms with Gasteiger partial charge in [0.25, 0.3) is 0 Å². The van der Waals surface area contributed by atoms with Gasteiger partial charge in [0.05, 0.1) is 4.47 Å². The minimum atomic E-state index is 0.322. The molecule has 0 heterocycles. The van der Waals surface area contributed by atoms with Crippen LogP contribution >= 0.6 is 15.9 Å². The molecule has 2 nitrogen and oxygen atoms in total. The quantitative estimate of drug-likeness (QED) is 0.811. The highest BCUT2D eigenvalue weighted by molar-refractivity contribution is 9.10. The lowest BCUT2D eigenvalue weighted by molar-refractivity contribution is 0.470. The van der Waals surface area contributed by atoms with E-state index in [1.807, 2.05) is 12.1 Å². The fraction of sp³-hybridized carbons (Fsp3) is 0.455. The second kappa shape index (κ2) is 3.91. The lowest BCUT2D eigenvalue weighted by atomic mass is 9.97. The molecule has 2 unspecified atom stereocenters. The molecule has 1 aliphatic rings. The number of hydrogen-bond donors (Lipinski definition) is 2. The summed E-state index contributed by atoms with van der Waals surface area (Å²) in [4.78, 5) is 0. The number of aromatic hydroxyl groups is 1. The summed E-state index contributed by atoms with van der Waals surface area (Å²) >= 11 is 3.28. The van der Waals surface area contributed by atoms with Gasteiger partial charge in [-0.15, -0.1) is 0 Å². The largest absolute Gasteiger partial charge is 0.507 e. The Hall–Kier alpha value is -0.540. The molecule has 3 heteroatoms. The van der Waals surface area contributed by atoms with E-state index in [0.29, 0.717) is 17.7 Å². The third-order valence-corrected chi connectivity index (χ3v) is 3.59. The van der Waals surface area contributed by atoms with Crippen molar-refractivity contribution >= 4 is 15.9 Å². The van der Waals surface area contributed by atoms with Gasteiger partial charge >= 0.3 is 0 Å². The summed E-state index contributed by atoms with van der Waals surface area (Å²) in [5.74, 6) is 0.854. The average Bonchev–Trinajstić information content (AvgIpc) is 2.57.